The number of nitrogens with zero attached hydrogens (tertiary/aromatic N) is 2. The van der Waals surface area contributed by atoms with E-state index in [9.17, 15) is 4.79 Å². The van der Waals surface area contributed by atoms with E-state index in [1.165, 1.54) is 11.8 Å². The number of para-hydroxylation sites is 1. The van der Waals surface area contributed by atoms with Gasteiger partial charge in [-0.05, 0) is 78.4 Å². The molecule has 0 N–H and O–H groups in total. The van der Waals surface area contributed by atoms with E-state index < -0.39 is 0 Å². The Hall–Kier alpha value is -3.72. The quantitative estimate of drug-likeness (QED) is 0.159. The Morgan fingerprint density at radius 1 is 0.952 bits per heavy atom. The van der Waals surface area contributed by atoms with Crippen LogP contribution in [0.5, 0.6) is 17.2 Å². The monoisotopic (exact) mass is 662 g/mol. The maximum absolute atomic E-state index is 13.8. The third-order valence-corrected chi connectivity index (χ3v) is 8.42. The van der Waals surface area contributed by atoms with Crippen molar-refractivity contribution in [1.82, 2.24) is 4.90 Å². The Morgan fingerprint density at radius 3 is 2.38 bits per heavy atom. The van der Waals surface area contributed by atoms with Crippen molar-refractivity contribution in [3.8, 4) is 17.2 Å². The summed E-state index contributed by atoms with van der Waals surface area (Å²) in [6, 6.07) is 28.6. The second kappa shape index (κ2) is 14.0. The Morgan fingerprint density at radius 2 is 1.67 bits per heavy atom. The summed E-state index contributed by atoms with van der Waals surface area (Å²) in [6.07, 6.45) is 1.85. The van der Waals surface area contributed by atoms with E-state index in [1.54, 1.807) is 12.0 Å². The van der Waals surface area contributed by atoms with Gasteiger partial charge in [0.25, 0.3) is 5.91 Å². The van der Waals surface area contributed by atoms with E-state index in [0.29, 0.717) is 46.4 Å². The predicted octanol–water partition coefficient (Wildman–Crippen LogP) is 8.89. The second-order valence-electron chi connectivity index (χ2n) is 9.21. The number of carbonyl (C=O) groups is 1. The molecule has 0 bridgehead atoms. The van der Waals surface area contributed by atoms with Crippen LogP contribution < -0.4 is 14.2 Å². The highest BCUT2D eigenvalue weighted by Gasteiger charge is 2.34. The van der Waals surface area contributed by atoms with Gasteiger partial charge in [-0.25, -0.2) is 4.99 Å². The molecule has 1 saturated heterocycles. The highest BCUT2D eigenvalue weighted by atomic mass is 79.9. The van der Waals surface area contributed by atoms with E-state index in [1.807, 2.05) is 104 Å². The van der Waals surface area contributed by atoms with Crippen molar-refractivity contribution in [2.24, 2.45) is 4.99 Å². The molecular formula is C33H28BrClN2O4S. The van der Waals surface area contributed by atoms with Gasteiger partial charge in [0.05, 0.1) is 30.9 Å². The zero-order chi connectivity index (χ0) is 29.5. The number of benzene rings is 4. The molecule has 1 fully saturated rings. The largest absolute Gasteiger partial charge is 0.497 e. The van der Waals surface area contributed by atoms with Crippen molar-refractivity contribution >= 4 is 62.1 Å². The van der Waals surface area contributed by atoms with Crippen LogP contribution in [0.4, 0.5) is 5.69 Å². The lowest BCUT2D eigenvalue weighted by atomic mass is 10.1. The number of hydrogen-bond acceptors (Lipinski definition) is 6. The number of hydrogen-bond donors (Lipinski definition) is 0. The minimum absolute atomic E-state index is 0.130. The maximum atomic E-state index is 13.8. The molecule has 1 aliphatic rings. The molecule has 4 aromatic rings. The second-order valence-corrected chi connectivity index (χ2v) is 11.5. The van der Waals surface area contributed by atoms with Crippen molar-refractivity contribution < 1.29 is 19.0 Å². The standard InChI is InChI=1S/C33H28BrClN2O4S/c1-3-40-29-17-24(27(34)19-30(29)41-21-23-9-7-8-12-28(23)35)18-31-32(38)37(20-22-13-15-26(39-2)16-14-22)33(42-31)36-25-10-5-4-6-11-25/h4-19H,3,20-21H2,1-2H3/b31-18-,36-33?. The van der Waals surface area contributed by atoms with Gasteiger partial charge >= 0.3 is 0 Å². The zero-order valence-corrected chi connectivity index (χ0v) is 26.2. The molecule has 1 heterocycles. The first-order valence-electron chi connectivity index (χ1n) is 13.3. The number of halogens is 2. The van der Waals surface area contributed by atoms with Gasteiger partial charge < -0.3 is 14.2 Å². The number of amidine groups is 1. The summed E-state index contributed by atoms with van der Waals surface area (Å²) in [4.78, 5) is 20.8. The molecule has 0 aromatic heterocycles. The van der Waals surface area contributed by atoms with Crippen molar-refractivity contribution in [1.29, 1.82) is 0 Å². The van der Waals surface area contributed by atoms with Crippen molar-refractivity contribution in [2.45, 2.75) is 20.1 Å². The summed E-state index contributed by atoms with van der Waals surface area (Å²) in [7, 11) is 1.63. The molecule has 0 radical (unpaired) electrons. The highest BCUT2D eigenvalue weighted by Crippen LogP contribution is 2.40. The number of amides is 1. The zero-order valence-electron chi connectivity index (χ0n) is 23.1. The number of rotatable bonds is 10. The minimum Gasteiger partial charge on any atom is -0.497 e. The smallest absolute Gasteiger partial charge is 0.267 e. The molecule has 4 aromatic carbocycles. The Labute approximate surface area is 263 Å². The van der Waals surface area contributed by atoms with E-state index in [0.717, 1.165) is 32.6 Å². The van der Waals surface area contributed by atoms with E-state index in [2.05, 4.69) is 15.9 Å². The van der Waals surface area contributed by atoms with Crippen LogP contribution in [0, 0.1) is 0 Å². The summed E-state index contributed by atoms with van der Waals surface area (Å²) in [5, 5.41) is 1.24. The Kier molecular flexibility index (Phi) is 9.89. The summed E-state index contributed by atoms with van der Waals surface area (Å²) in [5.41, 5.74) is 3.39. The van der Waals surface area contributed by atoms with Gasteiger partial charge in [-0.3, -0.25) is 9.69 Å². The Balaban J connectivity index is 1.45. The fourth-order valence-corrected chi connectivity index (χ4v) is 5.83. The van der Waals surface area contributed by atoms with Crippen LogP contribution >= 0.6 is 39.3 Å². The lowest BCUT2D eigenvalue weighted by Crippen LogP contribution is -2.28. The fraction of sp³-hybridized carbons (Fsp3) is 0.152. The molecule has 214 valence electrons. The predicted molar refractivity (Wildman–Crippen MR) is 174 cm³/mol. The van der Waals surface area contributed by atoms with Crippen molar-refractivity contribution in [3.05, 3.63) is 122 Å². The first-order valence-corrected chi connectivity index (χ1v) is 15.2. The molecule has 9 heteroatoms. The molecule has 5 rings (SSSR count). The maximum Gasteiger partial charge on any atom is 0.267 e. The first-order chi connectivity index (χ1) is 20.4. The summed E-state index contributed by atoms with van der Waals surface area (Å²) >= 11 is 11.3. The van der Waals surface area contributed by atoms with Gasteiger partial charge in [0, 0.05) is 15.1 Å². The molecule has 1 aliphatic heterocycles. The molecule has 0 atom stereocenters. The third kappa shape index (κ3) is 7.18. The Bertz CT molecular complexity index is 1630. The van der Waals surface area contributed by atoms with Crippen LogP contribution in [-0.2, 0) is 17.9 Å². The van der Waals surface area contributed by atoms with Gasteiger partial charge in [-0.2, -0.15) is 0 Å². The van der Waals surface area contributed by atoms with Crippen molar-refractivity contribution in [2.75, 3.05) is 13.7 Å². The number of thioether (sulfide) groups is 1. The first kappa shape index (κ1) is 29.8. The molecule has 0 spiro atoms. The number of carbonyl (C=O) groups excluding carboxylic acids is 1. The summed E-state index contributed by atoms with van der Waals surface area (Å²) in [6.45, 7) is 3.04. The van der Waals surface area contributed by atoms with Gasteiger partial charge in [-0.15, -0.1) is 0 Å². The topological polar surface area (TPSA) is 60.4 Å². The molecular weight excluding hydrogens is 636 g/mol. The average molecular weight is 664 g/mol. The normalized spacial score (nSPS) is 15.0. The van der Waals surface area contributed by atoms with E-state index in [4.69, 9.17) is 30.8 Å². The van der Waals surface area contributed by atoms with Crippen LogP contribution in [0.1, 0.15) is 23.6 Å². The molecule has 1 amide bonds. The number of aliphatic imine (C=N–C) groups is 1. The third-order valence-electron chi connectivity index (χ3n) is 6.36. The molecule has 0 unspecified atom stereocenters. The molecule has 0 aliphatic carbocycles. The lowest BCUT2D eigenvalue weighted by Gasteiger charge is -2.16. The van der Waals surface area contributed by atoms with Gasteiger partial charge in [-0.1, -0.05) is 76.1 Å². The van der Waals surface area contributed by atoms with Crippen LogP contribution in [0.15, 0.2) is 105 Å². The van der Waals surface area contributed by atoms with Crippen molar-refractivity contribution in [3.63, 3.8) is 0 Å². The van der Waals surface area contributed by atoms with Crippen LogP contribution in [0.25, 0.3) is 6.08 Å². The molecule has 42 heavy (non-hydrogen) atoms. The minimum atomic E-state index is -0.130. The van der Waals surface area contributed by atoms with E-state index in [-0.39, 0.29) is 5.91 Å². The summed E-state index contributed by atoms with van der Waals surface area (Å²) in [5.74, 6) is 1.77. The van der Waals surface area contributed by atoms with Crippen LogP contribution in [-0.4, -0.2) is 29.7 Å². The van der Waals surface area contributed by atoms with E-state index >= 15 is 0 Å². The lowest BCUT2D eigenvalue weighted by molar-refractivity contribution is -0.122. The van der Waals surface area contributed by atoms with Crippen LogP contribution in [0.2, 0.25) is 5.02 Å². The van der Waals surface area contributed by atoms with Gasteiger partial charge in [0.15, 0.2) is 16.7 Å². The summed E-state index contributed by atoms with van der Waals surface area (Å²) < 4.78 is 18.1. The fourth-order valence-electron chi connectivity index (χ4n) is 4.21. The van der Waals surface area contributed by atoms with Crippen LogP contribution in [0.3, 0.4) is 0 Å². The van der Waals surface area contributed by atoms with Gasteiger partial charge in [0.1, 0.15) is 12.4 Å². The average Bonchev–Trinajstić information content (AvgIpc) is 3.28. The molecule has 6 nitrogen and oxygen atoms in total. The highest BCUT2D eigenvalue weighted by molar-refractivity contribution is 9.10. The molecule has 0 saturated carbocycles. The van der Waals surface area contributed by atoms with Gasteiger partial charge in [0.2, 0.25) is 0 Å². The number of methoxy groups -OCH3 is 1. The number of ether oxygens (including phenoxy) is 3. The SMILES string of the molecule is CCOc1cc(/C=C2\SC(=Nc3ccccc3)N(Cc3ccc(OC)cc3)C2=O)c(Br)cc1OCc1ccccc1Cl.